The van der Waals surface area contributed by atoms with Crippen LogP contribution in [0.4, 0.5) is 4.79 Å². The molecule has 0 bridgehead atoms. The van der Waals surface area contributed by atoms with Crippen molar-refractivity contribution in [3.05, 3.63) is 22.8 Å². The quantitative estimate of drug-likeness (QED) is 0.127. The van der Waals surface area contributed by atoms with Crippen molar-refractivity contribution >= 4 is 6.03 Å². The van der Waals surface area contributed by atoms with Crippen LogP contribution < -0.4 is 16.0 Å². The average molecular weight is 458 g/mol. The van der Waals surface area contributed by atoms with Crippen LogP contribution in [0.2, 0.25) is 0 Å². The molecule has 0 spiro atoms. The molecule has 0 aliphatic carbocycles. The maximum Gasteiger partial charge on any atom is 0.320 e. The summed E-state index contributed by atoms with van der Waals surface area (Å²) in [6, 6.07) is 4.15. The summed E-state index contributed by atoms with van der Waals surface area (Å²) in [4.78, 5) is 27.4. The summed E-state index contributed by atoms with van der Waals surface area (Å²) in [6.07, 6.45) is 0. The molecule has 1 heterocycles. The zero-order chi connectivity index (χ0) is 24.2. The number of nitriles is 2. The molecule has 1 aliphatic heterocycles. The number of nitrogens with one attached hydrogen (secondary N) is 3. The second kappa shape index (κ2) is 18.6. The van der Waals surface area contributed by atoms with Gasteiger partial charge in [0.05, 0.1) is 25.2 Å². The van der Waals surface area contributed by atoms with Crippen molar-refractivity contribution in [3.63, 3.8) is 0 Å². The monoisotopic (exact) mass is 457 g/mol. The van der Waals surface area contributed by atoms with Gasteiger partial charge in [-0.2, -0.15) is 10.5 Å². The number of carbonyl (C=O) groups is 1. The molecule has 180 valence electrons. The molecule has 3 N–H and O–H groups in total. The molecule has 0 saturated carbocycles. The highest BCUT2D eigenvalue weighted by molar-refractivity contribution is 5.76. The highest BCUT2D eigenvalue weighted by atomic mass is 16.2. The molecule has 1 saturated heterocycles. The van der Waals surface area contributed by atoms with Crippen LogP contribution in [-0.2, 0) is 0 Å². The van der Waals surface area contributed by atoms with Crippen LogP contribution in [0.5, 0.6) is 0 Å². The Bertz CT molecular complexity index is 696. The van der Waals surface area contributed by atoms with Crippen LogP contribution in [0.3, 0.4) is 0 Å². The molecule has 1 fully saturated rings. The lowest BCUT2D eigenvalue weighted by Crippen LogP contribution is -2.43. The SMILES string of the molecule is [C-]#[N+]CNCCN(CCN1CCN(CCN(CCNCC#N)CCNCC#N)C1=O)C[N+]#[C-]. The Morgan fingerprint density at radius 3 is 1.85 bits per heavy atom. The number of amides is 2. The van der Waals surface area contributed by atoms with E-state index in [1.165, 1.54) is 0 Å². The van der Waals surface area contributed by atoms with Gasteiger partial charge in [0, 0.05) is 78.5 Å². The van der Waals surface area contributed by atoms with Crippen LogP contribution in [0.15, 0.2) is 0 Å². The predicted molar refractivity (Wildman–Crippen MR) is 124 cm³/mol. The summed E-state index contributed by atoms with van der Waals surface area (Å²) < 4.78 is 0. The van der Waals surface area contributed by atoms with Gasteiger partial charge in [-0.3, -0.25) is 14.6 Å². The molecule has 1 rings (SSSR count). The van der Waals surface area contributed by atoms with Gasteiger partial charge in [0.1, 0.15) is 0 Å². The highest BCUT2D eigenvalue weighted by Gasteiger charge is 2.28. The number of hydrogen-bond donors (Lipinski definition) is 3. The fraction of sp³-hybridized carbons (Fsp3) is 0.762. The van der Waals surface area contributed by atoms with Crippen molar-refractivity contribution in [3.8, 4) is 12.1 Å². The number of urea groups is 1. The normalized spacial score (nSPS) is 13.2. The first-order valence-corrected chi connectivity index (χ1v) is 11.2. The summed E-state index contributed by atoms with van der Waals surface area (Å²) in [5.41, 5.74) is 0. The zero-order valence-corrected chi connectivity index (χ0v) is 19.3. The van der Waals surface area contributed by atoms with Gasteiger partial charge in [-0.05, 0) is 0 Å². The Morgan fingerprint density at radius 2 is 1.33 bits per heavy atom. The molecule has 12 heteroatoms. The lowest BCUT2D eigenvalue weighted by Gasteiger charge is -2.26. The first-order valence-electron chi connectivity index (χ1n) is 11.2. The van der Waals surface area contributed by atoms with E-state index in [1.807, 2.05) is 14.7 Å². The largest absolute Gasteiger partial charge is 0.322 e. The van der Waals surface area contributed by atoms with Gasteiger partial charge in [0.15, 0.2) is 0 Å². The topological polar surface area (TPSA) is 122 Å². The van der Waals surface area contributed by atoms with Gasteiger partial charge in [-0.1, -0.05) is 0 Å². The van der Waals surface area contributed by atoms with Crippen molar-refractivity contribution in [2.75, 3.05) is 105 Å². The fourth-order valence-corrected chi connectivity index (χ4v) is 3.40. The lowest BCUT2D eigenvalue weighted by molar-refractivity contribution is 0.176. The van der Waals surface area contributed by atoms with Crippen molar-refractivity contribution in [2.24, 2.45) is 0 Å². The Labute approximate surface area is 197 Å². The van der Waals surface area contributed by atoms with E-state index in [9.17, 15) is 4.79 Å². The second-order valence-electron chi connectivity index (χ2n) is 7.50. The third-order valence-corrected chi connectivity index (χ3v) is 5.24. The number of nitrogens with zero attached hydrogens (tertiary/aromatic N) is 8. The van der Waals surface area contributed by atoms with E-state index in [2.05, 4.69) is 42.7 Å². The Morgan fingerprint density at radius 1 is 0.818 bits per heavy atom. The first kappa shape index (κ1) is 28.1. The van der Waals surface area contributed by atoms with E-state index in [4.69, 9.17) is 23.7 Å². The second-order valence-corrected chi connectivity index (χ2v) is 7.50. The maximum absolute atomic E-state index is 12.8. The standard InChI is InChI=1S/C21H35N11O/c1-24-19-28-9-12-30(20-25-2)14-16-32-18-17-31(21(32)33)15-13-29(10-7-26-5-3-22)11-8-27-6-4-23/h26-28H,5-20H2. The summed E-state index contributed by atoms with van der Waals surface area (Å²) in [7, 11) is 0. The third-order valence-electron chi connectivity index (χ3n) is 5.24. The van der Waals surface area contributed by atoms with E-state index < -0.39 is 0 Å². The smallest absolute Gasteiger partial charge is 0.320 e. The minimum atomic E-state index is 0.0223. The van der Waals surface area contributed by atoms with E-state index in [0.717, 1.165) is 19.6 Å². The van der Waals surface area contributed by atoms with Gasteiger partial charge in [0.25, 0.3) is 13.3 Å². The van der Waals surface area contributed by atoms with Crippen molar-refractivity contribution in [1.82, 2.24) is 35.6 Å². The predicted octanol–water partition coefficient (Wildman–Crippen LogP) is -1.10. The van der Waals surface area contributed by atoms with E-state index >= 15 is 0 Å². The zero-order valence-electron chi connectivity index (χ0n) is 19.3. The minimum Gasteiger partial charge on any atom is -0.322 e. The van der Waals surface area contributed by atoms with Crippen LogP contribution in [0.25, 0.3) is 9.69 Å². The van der Waals surface area contributed by atoms with Gasteiger partial charge in [0.2, 0.25) is 0 Å². The summed E-state index contributed by atoms with van der Waals surface area (Å²) >= 11 is 0. The molecular weight excluding hydrogens is 422 g/mol. The van der Waals surface area contributed by atoms with Crippen LogP contribution in [0.1, 0.15) is 0 Å². The van der Waals surface area contributed by atoms with Crippen molar-refractivity contribution in [2.45, 2.75) is 0 Å². The first-order chi connectivity index (χ1) is 16.2. The van der Waals surface area contributed by atoms with Crippen molar-refractivity contribution in [1.29, 1.82) is 10.5 Å². The lowest BCUT2D eigenvalue weighted by atomic mass is 10.4. The summed E-state index contributed by atoms with van der Waals surface area (Å²) in [5.74, 6) is 0. The van der Waals surface area contributed by atoms with Crippen LogP contribution >= 0.6 is 0 Å². The number of hydrogen-bond acceptors (Lipinski definition) is 8. The minimum absolute atomic E-state index is 0.0223. The molecule has 0 unspecified atom stereocenters. The Hall–Kier alpha value is -2.97. The van der Waals surface area contributed by atoms with Crippen molar-refractivity contribution < 1.29 is 4.79 Å². The van der Waals surface area contributed by atoms with Gasteiger partial charge < -0.3 is 20.4 Å². The molecule has 1 aliphatic rings. The van der Waals surface area contributed by atoms with Gasteiger partial charge in [-0.25, -0.2) is 28.2 Å². The van der Waals surface area contributed by atoms with Crippen LogP contribution in [-0.4, -0.2) is 131 Å². The third kappa shape index (κ3) is 12.6. The van der Waals surface area contributed by atoms with E-state index in [1.54, 1.807) is 0 Å². The Kier molecular flexibility index (Phi) is 15.8. The molecule has 0 aromatic heterocycles. The van der Waals surface area contributed by atoms with E-state index in [0.29, 0.717) is 72.0 Å². The summed E-state index contributed by atoms with van der Waals surface area (Å²) in [5, 5.41) is 26.4. The molecule has 0 radical (unpaired) electrons. The number of rotatable bonds is 19. The number of carbonyl (C=O) groups excluding carboxylic acids is 1. The highest BCUT2D eigenvalue weighted by Crippen LogP contribution is 2.09. The van der Waals surface area contributed by atoms with Gasteiger partial charge in [-0.15, -0.1) is 0 Å². The van der Waals surface area contributed by atoms with Crippen LogP contribution in [0, 0.1) is 35.8 Å². The fourth-order valence-electron chi connectivity index (χ4n) is 3.40. The molecule has 0 atom stereocenters. The van der Waals surface area contributed by atoms with Gasteiger partial charge >= 0.3 is 6.03 Å². The molecule has 33 heavy (non-hydrogen) atoms. The summed E-state index contributed by atoms with van der Waals surface area (Å²) in [6.45, 7) is 23.2. The molecular formula is C21H35N11O. The molecule has 12 nitrogen and oxygen atoms in total. The Balaban J connectivity index is 2.43. The molecule has 0 aromatic rings. The molecule has 2 amide bonds. The molecule has 0 aromatic carbocycles. The average Bonchev–Trinajstić information content (AvgIpc) is 3.17. The maximum atomic E-state index is 12.8. The van der Waals surface area contributed by atoms with E-state index in [-0.39, 0.29) is 19.4 Å².